The molecule has 0 unspecified atom stereocenters. The van der Waals surface area contributed by atoms with Gasteiger partial charge in [-0.05, 0) is 31.5 Å². The fourth-order valence-corrected chi connectivity index (χ4v) is 1.27. The van der Waals surface area contributed by atoms with E-state index in [2.05, 4.69) is 21.2 Å². The van der Waals surface area contributed by atoms with Gasteiger partial charge in [-0.25, -0.2) is 0 Å². The number of carbonyl (C=O) groups is 1. The number of halogens is 1. The third-order valence-corrected chi connectivity index (χ3v) is 2.39. The SMILES string of the molecule is COc1ccc(C)cc1NC(=O)[C@H](C)Br. The summed E-state index contributed by atoms with van der Waals surface area (Å²) in [6.45, 7) is 3.74. The molecular weight excluding hydrogens is 258 g/mol. The summed E-state index contributed by atoms with van der Waals surface area (Å²) in [7, 11) is 1.58. The van der Waals surface area contributed by atoms with Crippen LogP contribution in [0.2, 0.25) is 0 Å². The van der Waals surface area contributed by atoms with Crippen LogP contribution in [0, 0.1) is 6.92 Å². The van der Waals surface area contributed by atoms with Gasteiger partial charge in [0, 0.05) is 0 Å². The van der Waals surface area contributed by atoms with E-state index in [1.54, 1.807) is 14.0 Å². The standard InChI is InChI=1S/C11H14BrNO2/c1-7-4-5-10(15-3)9(6-7)13-11(14)8(2)12/h4-6,8H,1-3H3,(H,13,14)/t8-/m0/s1. The van der Waals surface area contributed by atoms with Crippen LogP contribution in [0.1, 0.15) is 12.5 Å². The van der Waals surface area contributed by atoms with Gasteiger partial charge in [-0.2, -0.15) is 0 Å². The monoisotopic (exact) mass is 271 g/mol. The molecular formula is C11H14BrNO2. The van der Waals surface area contributed by atoms with Gasteiger partial charge in [-0.15, -0.1) is 0 Å². The van der Waals surface area contributed by atoms with Gasteiger partial charge in [-0.1, -0.05) is 22.0 Å². The lowest BCUT2D eigenvalue weighted by molar-refractivity contribution is -0.115. The number of alkyl halides is 1. The number of aryl methyl sites for hydroxylation is 1. The first kappa shape index (κ1) is 12.0. The maximum absolute atomic E-state index is 11.5. The summed E-state index contributed by atoms with van der Waals surface area (Å²) >= 11 is 3.21. The van der Waals surface area contributed by atoms with Crippen molar-refractivity contribution in [2.24, 2.45) is 0 Å². The fraction of sp³-hybridized carbons (Fsp3) is 0.364. The van der Waals surface area contributed by atoms with Crippen LogP contribution < -0.4 is 10.1 Å². The van der Waals surface area contributed by atoms with Crippen molar-refractivity contribution in [2.75, 3.05) is 12.4 Å². The van der Waals surface area contributed by atoms with Gasteiger partial charge in [0.2, 0.25) is 5.91 Å². The fourth-order valence-electron chi connectivity index (χ4n) is 1.15. The molecule has 1 N–H and O–H groups in total. The first-order valence-corrected chi connectivity index (χ1v) is 5.55. The molecule has 0 aliphatic carbocycles. The van der Waals surface area contributed by atoms with Crippen LogP contribution in [0.4, 0.5) is 5.69 Å². The van der Waals surface area contributed by atoms with Crippen molar-refractivity contribution in [3.8, 4) is 5.75 Å². The van der Waals surface area contributed by atoms with Crippen LogP contribution in [-0.4, -0.2) is 17.8 Å². The van der Waals surface area contributed by atoms with E-state index < -0.39 is 0 Å². The maximum Gasteiger partial charge on any atom is 0.237 e. The summed E-state index contributed by atoms with van der Waals surface area (Å²) in [6.07, 6.45) is 0. The lowest BCUT2D eigenvalue weighted by Crippen LogP contribution is -2.20. The van der Waals surface area contributed by atoms with Crippen LogP contribution in [0.15, 0.2) is 18.2 Å². The summed E-state index contributed by atoms with van der Waals surface area (Å²) in [4.78, 5) is 11.3. The third-order valence-electron chi connectivity index (χ3n) is 1.97. The van der Waals surface area contributed by atoms with E-state index in [-0.39, 0.29) is 10.7 Å². The average molecular weight is 272 g/mol. The minimum Gasteiger partial charge on any atom is -0.495 e. The molecule has 1 rings (SSSR count). The molecule has 1 aromatic rings. The molecule has 0 bridgehead atoms. The van der Waals surface area contributed by atoms with Crippen LogP contribution in [-0.2, 0) is 4.79 Å². The maximum atomic E-state index is 11.5. The van der Waals surface area contributed by atoms with E-state index >= 15 is 0 Å². The van der Waals surface area contributed by atoms with Gasteiger partial charge < -0.3 is 10.1 Å². The molecule has 0 radical (unpaired) electrons. The number of hydrogen-bond donors (Lipinski definition) is 1. The molecule has 1 atom stereocenters. The molecule has 0 fully saturated rings. The summed E-state index contributed by atoms with van der Waals surface area (Å²) in [5, 5.41) is 2.79. The van der Waals surface area contributed by atoms with Gasteiger partial charge in [0.05, 0.1) is 17.6 Å². The minimum absolute atomic E-state index is 0.0844. The van der Waals surface area contributed by atoms with E-state index in [1.807, 2.05) is 25.1 Å². The van der Waals surface area contributed by atoms with Crippen molar-refractivity contribution in [1.29, 1.82) is 0 Å². The molecule has 0 saturated heterocycles. The molecule has 0 saturated carbocycles. The van der Waals surface area contributed by atoms with Crippen LogP contribution in [0.5, 0.6) is 5.75 Å². The Morgan fingerprint density at radius 1 is 1.53 bits per heavy atom. The summed E-state index contributed by atoms with van der Waals surface area (Å²) in [5.74, 6) is 0.584. The molecule has 3 nitrogen and oxygen atoms in total. The van der Waals surface area contributed by atoms with Gasteiger partial charge in [0.25, 0.3) is 0 Å². The Balaban J connectivity index is 2.92. The molecule has 0 spiro atoms. The van der Waals surface area contributed by atoms with E-state index in [1.165, 1.54) is 0 Å². The van der Waals surface area contributed by atoms with Crippen molar-refractivity contribution in [2.45, 2.75) is 18.7 Å². The Morgan fingerprint density at radius 3 is 2.73 bits per heavy atom. The highest BCUT2D eigenvalue weighted by Gasteiger charge is 2.11. The smallest absolute Gasteiger partial charge is 0.237 e. The number of methoxy groups -OCH3 is 1. The number of carbonyl (C=O) groups excluding carboxylic acids is 1. The predicted octanol–water partition coefficient (Wildman–Crippen LogP) is 2.73. The van der Waals surface area contributed by atoms with Crippen molar-refractivity contribution in [3.05, 3.63) is 23.8 Å². The number of benzene rings is 1. The number of rotatable bonds is 3. The van der Waals surface area contributed by atoms with Crippen molar-refractivity contribution >= 4 is 27.5 Å². The zero-order valence-corrected chi connectivity index (χ0v) is 10.6. The summed E-state index contributed by atoms with van der Waals surface area (Å²) in [6, 6.07) is 5.65. The Labute approximate surface area is 97.9 Å². The Bertz CT molecular complexity index is 364. The molecule has 15 heavy (non-hydrogen) atoms. The van der Waals surface area contributed by atoms with Crippen molar-refractivity contribution in [3.63, 3.8) is 0 Å². The second kappa shape index (κ2) is 5.16. The molecule has 1 aromatic carbocycles. The van der Waals surface area contributed by atoms with Crippen molar-refractivity contribution < 1.29 is 9.53 Å². The number of hydrogen-bond acceptors (Lipinski definition) is 2. The first-order chi connectivity index (χ1) is 7.04. The second-order valence-electron chi connectivity index (χ2n) is 3.31. The normalized spacial score (nSPS) is 12.0. The average Bonchev–Trinajstić information content (AvgIpc) is 2.18. The topological polar surface area (TPSA) is 38.3 Å². The molecule has 0 heterocycles. The van der Waals surface area contributed by atoms with E-state index in [0.29, 0.717) is 11.4 Å². The van der Waals surface area contributed by atoms with Crippen LogP contribution in [0.25, 0.3) is 0 Å². The third kappa shape index (κ3) is 3.23. The van der Waals surface area contributed by atoms with Gasteiger partial charge >= 0.3 is 0 Å². The number of nitrogens with one attached hydrogen (secondary N) is 1. The summed E-state index contributed by atoms with van der Waals surface area (Å²) < 4.78 is 5.15. The summed E-state index contributed by atoms with van der Waals surface area (Å²) in [5.41, 5.74) is 1.78. The van der Waals surface area contributed by atoms with Crippen LogP contribution in [0.3, 0.4) is 0 Å². The Hall–Kier alpha value is -1.03. The van der Waals surface area contributed by atoms with Gasteiger partial charge in [-0.3, -0.25) is 4.79 Å². The molecule has 82 valence electrons. The van der Waals surface area contributed by atoms with Gasteiger partial charge in [0.15, 0.2) is 0 Å². The van der Waals surface area contributed by atoms with Crippen molar-refractivity contribution in [1.82, 2.24) is 0 Å². The first-order valence-electron chi connectivity index (χ1n) is 4.64. The number of amides is 1. The lowest BCUT2D eigenvalue weighted by Gasteiger charge is -2.11. The van der Waals surface area contributed by atoms with Crippen LogP contribution >= 0.6 is 15.9 Å². The molecule has 0 aliphatic rings. The van der Waals surface area contributed by atoms with E-state index in [4.69, 9.17) is 4.74 Å². The zero-order chi connectivity index (χ0) is 11.4. The minimum atomic E-state index is -0.220. The molecule has 1 amide bonds. The number of ether oxygens (including phenoxy) is 1. The highest BCUT2D eigenvalue weighted by atomic mass is 79.9. The van der Waals surface area contributed by atoms with E-state index in [0.717, 1.165) is 5.56 Å². The predicted molar refractivity (Wildman–Crippen MR) is 64.7 cm³/mol. The van der Waals surface area contributed by atoms with E-state index in [9.17, 15) is 4.79 Å². The quantitative estimate of drug-likeness (QED) is 0.859. The Morgan fingerprint density at radius 2 is 2.20 bits per heavy atom. The molecule has 0 aromatic heterocycles. The lowest BCUT2D eigenvalue weighted by atomic mass is 10.2. The number of anilines is 1. The molecule has 4 heteroatoms. The zero-order valence-electron chi connectivity index (χ0n) is 9.00. The second-order valence-corrected chi connectivity index (χ2v) is 4.68. The highest BCUT2D eigenvalue weighted by Crippen LogP contribution is 2.25. The van der Waals surface area contributed by atoms with Gasteiger partial charge in [0.1, 0.15) is 5.75 Å². The largest absolute Gasteiger partial charge is 0.495 e. The Kier molecular flexibility index (Phi) is 4.15. The highest BCUT2D eigenvalue weighted by molar-refractivity contribution is 9.10. The molecule has 0 aliphatic heterocycles.